The van der Waals surface area contributed by atoms with Gasteiger partial charge in [-0.1, -0.05) is 30.3 Å². The highest BCUT2D eigenvalue weighted by Gasteiger charge is 2.34. The van der Waals surface area contributed by atoms with E-state index >= 15 is 0 Å². The molecule has 1 aliphatic rings. The molecule has 8 heteroatoms. The molecule has 0 spiro atoms. The van der Waals surface area contributed by atoms with Crippen LogP contribution in [0.2, 0.25) is 0 Å². The van der Waals surface area contributed by atoms with Crippen LogP contribution in [0.3, 0.4) is 0 Å². The summed E-state index contributed by atoms with van der Waals surface area (Å²) < 4.78 is 5.29. The molecule has 1 amide bonds. The number of nitrogens with zero attached hydrogens (tertiary/aromatic N) is 1. The van der Waals surface area contributed by atoms with E-state index in [1.165, 1.54) is 12.1 Å². The van der Waals surface area contributed by atoms with Crippen molar-refractivity contribution >= 4 is 11.6 Å². The Bertz CT molecular complexity index is 794. The molecule has 8 nitrogen and oxygen atoms in total. The number of hydrogen-bond donors (Lipinski definition) is 3. The highest BCUT2D eigenvalue weighted by Crippen LogP contribution is 2.27. The molecule has 2 atom stereocenters. The Kier molecular flexibility index (Phi) is 5.45. The molecule has 2 unspecified atom stereocenters. The van der Waals surface area contributed by atoms with Gasteiger partial charge in [-0.2, -0.15) is 0 Å². The maximum Gasteiger partial charge on any atom is 0.269 e. The third-order valence-corrected chi connectivity index (χ3v) is 4.43. The zero-order valence-electron chi connectivity index (χ0n) is 14.3. The van der Waals surface area contributed by atoms with E-state index in [-0.39, 0.29) is 23.6 Å². The van der Waals surface area contributed by atoms with E-state index in [1.807, 2.05) is 24.3 Å². The van der Waals surface area contributed by atoms with Gasteiger partial charge in [-0.3, -0.25) is 20.3 Å². The highest BCUT2D eigenvalue weighted by atomic mass is 16.6. The maximum atomic E-state index is 12.6. The van der Waals surface area contributed by atoms with Crippen molar-refractivity contribution in [3.8, 4) is 5.75 Å². The standard InChI is InChI=1S/C18H20N4O4/c1-26-16-5-3-2-4-13(16)10-19-18(23)15-11-20-21-17(15)12-6-8-14(9-7-12)22(24)25/h2-9,15,17,20-21H,10-11H2,1H3,(H,19,23). The number of carbonyl (C=O) groups excluding carboxylic acids is 1. The molecule has 3 rings (SSSR count). The minimum absolute atomic E-state index is 0.0249. The van der Waals surface area contributed by atoms with Gasteiger partial charge >= 0.3 is 0 Å². The van der Waals surface area contributed by atoms with E-state index in [1.54, 1.807) is 19.2 Å². The van der Waals surface area contributed by atoms with Crippen molar-refractivity contribution < 1.29 is 14.5 Å². The van der Waals surface area contributed by atoms with Crippen LogP contribution in [0, 0.1) is 16.0 Å². The second-order valence-electron chi connectivity index (χ2n) is 5.99. The van der Waals surface area contributed by atoms with Crippen molar-refractivity contribution in [1.82, 2.24) is 16.2 Å². The summed E-state index contributed by atoms with van der Waals surface area (Å²) in [4.78, 5) is 23.0. The molecule has 2 aromatic carbocycles. The highest BCUT2D eigenvalue weighted by molar-refractivity contribution is 5.80. The molecule has 1 heterocycles. The summed E-state index contributed by atoms with van der Waals surface area (Å²) in [5, 5.41) is 13.7. The van der Waals surface area contributed by atoms with Crippen molar-refractivity contribution in [1.29, 1.82) is 0 Å². The van der Waals surface area contributed by atoms with Gasteiger partial charge < -0.3 is 10.1 Å². The minimum Gasteiger partial charge on any atom is -0.496 e. The van der Waals surface area contributed by atoms with Crippen LogP contribution in [-0.2, 0) is 11.3 Å². The Morgan fingerprint density at radius 3 is 2.69 bits per heavy atom. The zero-order valence-corrected chi connectivity index (χ0v) is 14.3. The summed E-state index contributed by atoms with van der Waals surface area (Å²) >= 11 is 0. The Morgan fingerprint density at radius 2 is 2.00 bits per heavy atom. The lowest BCUT2D eigenvalue weighted by Gasteiger charge is -2.19. The second-order valence-corrected chi connectivity index (χ2v) is 5.99. The van der Waals surface area contributed by atoms with E-state index in [2.05, 4.69) is 16.2 Å². The van der Waals surface area contributed by atoms with Crippen molar-refractivity contribution in [2.24, 2.45) is 5.92 Å². The van der Waals surface area contributed by atoms with E-state index in [4.69, 9.17) is 4.74 Å². The Labute approximate surface area is 150 Å². The fraction of sp³-hybridized carbons (Fsp3) is 0.278. The van der Waals surface area contributed by atoms with Gasteiger partial charge in [0.2, 0.25) is 5.91 Å². The first kappa shape index (κ1) is 17.8. The molecule has 0 aromatic heterocycles. The molecule has 26 heavy (non-hydrogen) atoms. The fourth-order valence-electron chi connectivity index (χ4n) is 3.02. The lowest BCUT2D eigenvalue weighted by Crippen LogP contribution is -2.34. The predicted octanol–water partition coefficient (Wildman–Crippen LogP) is 1.68. The van der Waals surface area contributed by atoms with Gasteiger partial charge in [-0.15, -0.1) is 0 Å². The number of benzene rings is 2. The largest absolute Gasteiger partial charge is 0.496 e. The summed E-state index contributed by atoms with van der Waals surface area (Å²) in [6.07, 6.45) is 0. The van der Waals surface area contributed by atoms with E-state index < -0.39 is 4.92 Å². The third-order valence-electron chi connectivity index (χ3n) is 4.43. The number of non-ortho nitro benzene ring substituents is 1. The Balaban J connectivity index is 1.67. The topological polar surface area (TPSA) is 106 Å². The SMILES string of the molecule is COc1ccccc1CNC(=O)C1CNNC1c1ccc([N+](=O)[O-])cc1. The molecule has 0 radical (unpaired) electrons. The normalized spacial score (nSPS) is 19.1. The molecule has 0 saturated carbocycles. The number of hydrazine groups is 1. The number of ether oxygens (including phenoxy) is 1. The Hall–Kier alpha value is -2.97. The van der Waals surface area contributed by atoms with Crippen LogP contribution in [0.5, 0.6) is 5.75 Å². The summed E-state index contributed by atoms with van der Waals surface area (Å²) in [6.45, 7) is 0.839. The van der Waals surface area contributed by atoms with Gasteiger partial charge in [0.25, 0.3) is 5.69 Å². The molecule has 0 aliphatic carbocycles. The quantitative estimate of drug-likeness (QED) is 0.537. The van der Waals surface area contributed by atoms with Crippen LogP contribution in [-0.4, -0.2) is 24.5 Å². The Morgan fingerprint density at radius 1 is 1.27 bits per heavy atom. The smallest absolute Gasteiger partial charge is 0.269 e. The predicted molar refractivity (Wildman–Crippen MR) is 95.3 cm³/mol. The number of hydrogen-bond acceptors (Lipinski definition) is 6. The third kappa shape index (κ3) is 3.81. The number of carbonyl (C=O) groups is 1. The summed E-state index contributed by atoms with van der Waals surface area (Å²) in [5.74, 6) is 0.297. The summed E-state index contributed by atoms with van der Waals surface area (Å²) in [7, 11) is 1.59. The molecular formula is C18H20N4O4. The van der Waals surface area contributed by atoms with Crippen LogP contribution in [0.15, 0.2) is 48.5 Å². The first-order valence-corrected chi connectivity index (χ1v) is 8.22. The van der Waals surface area contributed by atoms with Crippen molar-refractivity contribution in [2.75, 3.05) is 13.7 Å². The lowest BCUT2D eigenvalue weighted by atomic mass is 9.94. The van der Waals surface area contributed by atoms with Crippen molar-refractivity contribution in [3.63, 3.8) is 0 Å². The average Bonchev–Trinajstić information content (AvgIpc) is 3.16. The summed E-state index contributed by atoms with van der Waals surface area (Å²) in [6, 6.07) is 13.5. The van der Waals surface area contributed by atoms with E-state index in [0.717, 1.165) is 16.9 Å². The van der Waals surface area contributed by atoms with Gasteiger partial charge in [0.15, 0.2) is 0 Å². The van der Waals surface area contributed by atoms with Gasteiger partial charge in [0.1, 0.15) is 5.75 Å². The van der Waals surface area contributed by atoms with Crippen LogP contribution in [0.25, 0.3) is 0 Å². The van der Waals surface area contributed by atoms with E-state index in [9.17, 15) is 14.9 Å². The fourth-order valence-corrected chi connectivity index (χ4v) is 3.02. The van der Waals surface area contributed by atoms with Crippen molar-refractivity contribution in [2.45, 2.75) is 12.6 Å². The van der Waals surface area contributed by atoms with Gasteiger partial charge in [-0.05, 0) is 11.6 Å². The van der Waals surface area contributed by atoms with Gasteiger partial charge in [0.05, 0.1) is 24.0 Å². The van der Waals surface area contributed by atoms with Crippen LogP contribution in [0.4, 0.5) is 5.69 Å². The number of nitrogens with one attached hydrogen (secondary N) is 3. The molecule has 2 aromatic rings. The molecule has 3 N–H and O–H groups in total. The second kappa shape index (κ2) is 7.94. The molecule has 136 valence electrons. The van der Waals surface area contributed by atoms with Crippen LogP contribution >= 0.6 is 0 Å². The molecule has 0 bridgehead atoms. The lowest BCUT2D eigenvalue weighted by molar-refractivity contribution is -0.384. The maximum absolute atomic E-state index is 12.6. The van der Waals surface area contributed by atoms with E-state index in [0.29, 0.717) is 13.1 Å². The van der Waals surface area contributed by atoms with Crippen LogP contribution in [0.1, 0.15) is 17.2 Å². The monoisotopic (exact) mass is 356 g/mol. The molecule has 1 fully saturated rings. The first-order chi connectivity index (χ1) is 12.6. The number of nitro benzene ring substituents is 1. The number of rotatable bonds is 6. The molecule has 1 saturated heterocycles. The van der Waals surface area contributed by atoms with Gasteiger partial charge in [0, 0.05) is 30.8 Å². The number of nitro groups is 1. The number of para-hydroxylation sites is 1. The van der Waals surface area contributed by atoms with Crippen molar-refractivity contribution in [3.05, 3.63) is 69.8 Å². The van der Waals surface area contributed by atoms with Gasteiger partial charge in [-0.25, -0.2) is 5.43 Å². The molecular weight excluding hydrogens is 336 g/mol. The minimum atomic E-state index is -0.443. The first-order valence-electron chi connectivity index (χ1n) is 8.22. The van der Waals surface area contributed by atoms with Crippen LogP contribution < -0.4 is 20.9 Å². The zero-order chi connectivity index (χ0) is 18.5. The number of methoxy groups -OCH3 is 1. The molecule has 1 aliphatic heterocycles. The average molecular weight is 356 g/mol. The summed E-state index contributed by atoms with van der Waals surface area (Å²) in [5.41, 5.74) is 7.80. The number of amides is 1.